The number of nitrogens with two attached hydrogens (primary N) is 1. The molecule has 1 aromatic heterocycles. The summed E-state index contributed by atoms with van der Waals surface area (Å²) in [6.07, 6.45) is 4.90. The van der Waals surface area contributed by atoms with Gasteiger partial charge in [0, 0.05) is 24.3 Å². The predicted octanol–water partition coefficient (Wildman–Crippen LogP) is 1.29. The van der Waals surface area contributed by atoms with E-state index in [1.165, 1.54) is 0 Å². The minimum atomic E-state index is 0. The van der Waals surface area contributed by atoms with Gasteiger partial charge >= 0.3 is 0 Å². The fraction of sp³-hybridized carbons (Fsp3) is 0.625. The highest BCUT2D eigenvalue weighted by molar-refractivity contribution is 5.85. The first-order valence-electron chi connectivity index (χ1n) is 4.22. The van der Waals surface area contributed by atoms with Crippen LogP contribution in [0.2, 0.25) is 0 Å². The summed E-state index contributed by atoms with van der Waals surface area (Å²) in [4.78, 5) is 0. The maximum Gasteiger partial charge on any atom is 0.0896 e. The van der Waals surface area contributed by atoms with E-state index < -0.39 is 0 Å². The van der Waals surface area contributed by atoms with Gasteiger partial charge in [0.15, 0.2) is 0 Å². The van der Waals surface area contributed by atoms with Gasteiger partial charge < -0.3 is 10.5 Å². The van der Waals surface area contributed by atoms with E-state index in [0.717, 1.165) is 18.6 Å². The number of nitrogens with zero attached hydrogens (tertiary/aromatic N) is 1. The lowest BCUT2D eigenvalue weighted by atomic mass is 9.98. The van der Waals surface area contributed by atoms with Gasteiger partial charge in [0.25, 0.3) is 0 Å². The van der Waals surface area contributed by atoms with Crippen LogP contribution in [0.3, 0.4) is 0 Å². The third kappa shape index (κ3) is 2.60. The largest absolute Gasteiger partial charge is 0.373 e. The van der Waals surface area contributed by atoms with Crippen LogP contribution in [-0.4, -0.2) is 23.3 Å². The van der Waals surface area contributed by atoms with Crippen LogP contribution in [0.15, 0.2) is 12.4 Å². The molecular weight excluding hydrogens is 225 g/mol. The molecule has 0 aliphatic carbocycles. The molecule has 2 unspecified atom stereocenters. The molecule has 1 fully saturated rings. The smallest absolute Gasteiger partial charge is 0.0896 e. The van der Waals surface area contributed by atoms with Crippen LogP contribution in [0.25, 0.3) is 0 Å². The Morgan fingerprint density at radius 2 is 2.36 bits per heavy atom. The van der Waals surface area contributed by atoms with Crippen LogP contribution in [-0.2, 0) is 4.74 Å². The molecule has 0 saturated carbocycles. The standard InChI is InChI=1S/C8H13N3O.2ClH/c9-3-6-1-2-12-8(6)7-4-10-11-5-7;;/h4-6,8H,1-3,9H2,(H,10,11);2*1H. The van der Waals surface area contributed by atoms with Crippen molar-refractivity contribution in [3.05, 3.63) is 18.0 Å². The molecule has 0 aromatic carbocycles. The van der Waals surface area contributed by atoms with Crippen molar-refractivity contribution in [3.8, 4) is 0 Å². The fourth-order valence-corrected chi connectivity index (χ4v) is 1.66. The first-order chi connectivity index (χ1) is 5.92. The van der Waals surface area contributed by atoms with Crippen LogP contribution >= 0.6 is 24.8 Å². The number of hydrogen-bond acceptors (Lipinski definition) is 3. The molecule has 14 heavy (non-hydrogen) atoms. The molecule has 1 aliphatic rings. The summed E-state index contributed by atoms with van der Waals surface area (Å²) < 4.78 is 5.56. The Morgan fingerprint density at radius 3 is 2.93 bits per heavy atom. The van der Waals surface area contributed by atoms with E-state index in [9.17, 15) is 0 Å². The first-order valence-corrected chi connectivity index (χ1v) is 4.22. The quantitative estimate of drug-likeness (QED) is 0.818. The lowest BCUT2D eigenvalue weighted by Crippen LogP contribution is -2.17. The normalized spacial score (nSPS) is 25.2. The Labute approximate surface area is 95.4 Å². The molecule has 4 nitrogen and oxygen atoms in total. The summed E-state index contributed by atoms with van der Waals surface area (Å²) in [6.45, 7) is 1.51. The predicted molar refractivity (Wildman–Crippen MR) is 58.9 cm³/mol. The number of aromatic amines is 1. The van der Waals surface area contributed by atoms with E-state index >= 15 is 0 Å². The fourth-order valence-electron chi connectivity index (χ4n) is 1.66. The molecule has 1 saturated heterocycles. The number of ether oxygens (including phenoxy) is 1. The lowest BCUT2D eigenvalue weighted by molar-refractivity contribution is 0.0925. The maximum atomic E-state index is 5.62. The average molecular weight is 240 g/mol. The zero-order chi connectivity index (χ0) is 8.39. The molecule has 0 spiro atoms. The van der Waals surface area contributed by atoms with E-state index in [0.29, 0.717) is 12.5 Å². The molecule has 2 rings (SSSR count). The highest BCUT2D eigenvalue weighted by Gasteiger charge is 2.28. The molecule has 2 heterocycles. The number of aromatic nitrogens is 2. The van der Waals surface area contributed by atoms with Crippen molar-refractivity contribution < 1.29 is 4.74 Å². The van der Waals surface area contributed by atoms with Crippen LogP contribution in [0.5, 0.6) is 0 Å². The second-order valence-electron chi connectivity index (χ2n) is 3.11. The van der Waals surface area contributed by atoms with E-state index in [1.54, 1.807) is 6.20 Å². The van der Waals surface area contributed by atoms with Gasteiger partial charge in [-0.2, -0.15) is 5.10 Å². The van der Waals surface area contributed by atoms with Crippen molar-refractivity contribution in [2.24, 2.45) is 11.7 Å². The van der Waals surface area contributed by atoms with Crippen molar-refractivity contribution in [3.63, 3.8) is 0 Å². The van der Waals surface area contributed by atoms with E-state index in [1.807, 2.05) is 6.20 Å². The van der Waals surface area contributed by atoms with E-state index in [4.69, 9.17) is 10.5 Å². The lowest BCUT2D eigenvalue weighted by Gasteiger charge is -2.14. The number of rotatable bonds is 2. The van der Waals surface area contributed by atoms with Crippen molar-refractivity contribution in [1.82, 2.24) is 10.2 Å². The highest BCUT2D eigenvalue weighted by atomic mass is 35.5. The third-order valence-corrected chi connectivity index (χ3v) is 2.36. The molecule has 1 aliphatic heterocycles. The third-order valence-electron chi connectivity index (χ3n) is 2.36. The molecule has 0 radical (unpaired) electrons. The monoisotopic (exact) mass is 239 g/mol. The first kappa shape index (κ1) is 13.7. The van der Waals surface area contributed by atoms with Crippen molar-refractivity contribution in [1.29, 1.82) is 0 Å². The Bertz CT molecular complexity index is 243. The van der Waals surface area contributed by atoms with Crippen LogP contribution < -0.4 is 5.73 Å². The Morgan fingerprint density at radius 1 is 1.57 bits per heavy atom. The molecule has 82 valence electrons. The summed E-state index contributed by atoms with van der Waals surface area (Å²) in [5.74, 6) is 0.461. The zero-order valence-corrected chi connectivity index (χ0v) is 9.31. The van der Waals surface area contributed by atoms with Crippen LogP contribution in [0.4, 0.5) is 0 Å². The van der Waals surface area contributed by atoms with Crippen molar-refractivity contribution >= 4 is 24.8 Å². The molecule has 6 heteroatoms. The van der Waals surface area contributed by atoms with Gasteiger partial charge in [-0.05, 0) is 13.0 Å². The van der Waals surface area contributed by atoms with Gasteiger partial charge in [-0.1, -0.05) is 0 Å². The molecule has 0 amide bonds. The molecule has 0 bridgehead atoms. The van der Waals surface area contributed by atoms with Gasteiger partial charge in [-0.25, -0.2) is 0 Å². The van der Waals surface area contributed by atoms with Gasteiger partial charge in [-0.15, -0.1) is 24.8 Å². The van der Waals surface area contributed by atoms with Gasteiger partial charge in [0.1, 0.15) is 0 Å². The minimum Gasteiger partial charge on any atom is -0.373 e. The minimum absolute atomic E-state index is 0. The SMILES string of the molecule is Cl.Cl.NCC1CCOC1c1cn[nH]c1. The number of halogens is 2. The summed E-state index contributed by atoms with van der Waals surface area (Å²) in [7, 11) is 0. The molecule has 2 atom stereocenters. The topological polar surface area (TPSA) is 63.9 Å². The number of hydrogen-bond donors (Lipinski definition) is 2. The summed E-state index contributed by atoms with van der Waals surface area (Å²) >= 11 is 0. The highest BCUT2D eigenvalue weighted by Crippen LogP contribution is 2.32. The molecule has 3 N–H and O–H groups in total. The second kappa shape index (κ2) is 6.24. The number of H-pyrrole nitrogens is 1. The zero-order valence-electron chi connectivity index (χ0n) is 7.68. The van der Waals surface area contributed by atoms with Crippen molar-refractivity contribution in [2.45, 2.75) is 12.5 Å². The van der Waals surface area contributed by atoms with Crippen LogP contribution in [0.1, 0.15) is 18.1 Å². The maximum absolute atomic E-state index is 5.62. The van der Waals surface area contributed by atoms with Gasteiger partial charge in [0.05, 0.1) is 12.3 Å². The van der Waals surface area contributed by atoms with Gasteiger partial charge in [0.2, 0.25) is 0 Å². The Balaban J connectivity index is 0.000000845. The van der Waals surface area contributed by atoms with Crippen molar-refractivity contribution in [2.75, 3.05) is 13.2 Å². The molecule has 1 aromatic rings. The second-order valence-corrected chi connectivity index (χ2v) is 3.11. The summed E-state index contributed by atoms with van der Waals surface area (Å²) in [5.41, 5.74) is 6.73. The van der Waals surface area contributed by atoms with Gasteiger partial charge in [-0.3, -0.25) is 5.10 Å². The molecular formula is C8H15Cl2N3O. The summed E-state index contributed by atoms with van der Waals surface area (Å²) in [5, 5.41) is 6.67. The Kier molecular flexibility index (Phi) is 6.11. The van der Waals surface area contributed by atoms with E-state index in [-0.39, 0.29) is 30.9 Å². The number of nitrogens with one attached hydrogen (secondary N) is 1. The Hall–Kier alpha value is -0.290. The van der Waals surface area contributed by atoms with E-state index in [2.05, 4.69) is 10.2 Å². The average Bonchev–Trinajstić information content (AvgIpc) is 2.74. The summed E-state index contributed by atoms with van der Waals surface area (Å²) in [6, 6.07) is 0. The van der Waals surface area contributed by atoms with Crippen LogP contribution in [0, 0.1) is 5.92 Å².